The Morgan fingerprint density at radius 1 is 1.05 bits per heavy atom. The molecule has 0 aromatic heterocycles. The Kier molecular flexibility index (Phi) is 5.53. The lowest BCUT2D eigenvalue weighted by molar-refractivity contribution is 0.0348. The molecule has 0 radical (unpaired) electrons. The van der Waals surface area contributed by atoms with Gasteiger partial charge < -0.3 is 15.2 Å². The van der Waals surface area contributed by atoms with Crippen molar-refractivity contribution in [2.24, 2.45) is 0 Å². The SMILES string of the molecule is OC(CNc1ccccc1F)COCc1ccccc1. The minimum Gasteiger partial charge on any atom is -0.389 e. The highest BCUT2D eigenvalue weighted by Crippen LogP contribution is 2.12. The number of nitrogens with one attached hydrogen (secondary N) is 1. The van der Waals surface area contributed by atoms with E-state index < -0.39 is 6.10 Å². The average Bonchev–Trinajstić information content (AvgIpc) is 2.47. The van der Waals surface area contributed by atoms with Crippen LogP contribution in [0.5, 0.6) is 0 Å². The van der Waals surface area contributed by atoms with E-state index in [2.05, 4.69) is 5.32 Å². The van der Waals surface area contributed by atoms with Crippen LogP contribution in [0.3, 0.4) is 0 Å². The summed E-state index contributed by atoms with van der Waals surface area (Å²) in [5, 5.41) is 12.6. The number of rotatable bonds is 7. The van der Waals surface area contributed by atoms with Gasteiger partial charge in [-0.15, -0.1) is 0 Å². The van der Waals surface area contributed by atoms with Crippen molar-refractivity contribution in [3.8, 4) is 0 Å². The number of hydrogen-bond acceptors (Lipinski definition) is 3. The van der Waals surface area contributed by atoms with Gasteiger partial charge >= 0.3 is 0 Å². The van der Waals surface area contributed by atoms with Gasteiger partial charge in [-0.3, -0.25) is 0 Å². The maximum atomic E-state index is 13.3. The molecule has 0 aliphatic carbocycles. The van der Waals surface area contributed by atoms with E-state index >= 15 is 0 Å². The minimum absolute atomic E-state index is 0.205. The van der Waals surface area contributed by atoms with Gasteiger partial charge in [-0.2, -0.15) is 0 Å². The summed E-state index contributed by atoms with van der Waals surface area (Å²) < 4.78 is 18.8. The number of aliphatic hydroxyl groups is 1. The van der Waals surface area contributed by atoms with Crippen LogP contribution < -0.4 is 5.32 Å². The molecule has 1 atom stereocenters. The zero-order chi connectivity index (χ0) is 14.2. The first kappa shape index (κ1) is 14.5. The van der Waals surface area contributed by atoms with Crippen molar-refractivity contribution in [2.45, 2.75) is 12.7 Å². The molecular weight excluding hydrogens is 257 g/mol. The molecule has 2 aromatic rings. The third-order valence-corrected chi connectivity index (χ3v) is 2.82. The maximum absolute atomic E-state index is 13.3. The highest BCUT2D eigenvalue weighted by Gasteiger charge is 2.06. The zero-order valence-corrected chi connectivity index (χ0v) is 11.1. The Balaban J connectivity index is 1.68. The molecule has 1 unspecified atom stereocenters. The molecule has 0 heterocycles. The third kappa shape index (κ3) is 4.64. The summed E-state index contributed by atoms with van der Waals surface area (Å²) in [7, 11) is 0. The van der Waals surface area contributed by atoms with Gasteiger partial charge in [0.25, 0.3) is 0 Å². The molecule has 2 aromatic carbocycles. The van der Waals surface area contributed by atoms with Crippen LogP contribution >= 0.6 is 0 Å². The molecular formula is C16H18FNO2. The van der Waals surface area contributed by atoms with Gasteiger partial charge in [0.15, 0.2) is 0 Å². The Bertz CT molecular complexity index is 519. The fourth-order valence-corrected chi connectivity index (χ4v) is 1.78. The molecule has 106 valence electrons. The molecule has 0 amide bonds. The summed E-state index contributed by atoms with van der Waals surface area (Å²) in [5.41, 5.74) is 1.44. The van der Waals surface area contributed by atoms with Crippen LogP contribution in [0.1, 0.15) is 5.56 Å². The molecule has 0 spiro atoms. The standard InChI is InChI=1S/C16H18FNO2/c17-15-8-4-5-9-16(15)18-10-14(19)12-20-11-13-6-2-1-3-7-13/h1-9,14,18-19H,10-12H2. The zero-order valence-electron chi connectivity index (χ0n) is 11.1. The highest BCUT2D eigenvalue weighted by atomic mass is 19.1. The van der Waals surface area contributed by atoms with Crippen LogP contribution in [-0.2, 0) is 11.3 Å². The smallest absolute Gasteiger partial charge is 0.146 e. The number of anilines is 1. The van der Waals surface area contributed by atoms with Crippen LogP contribution in [0.4, 0.5) is 10.1 Å². The summed E-state index contributed by atoms with van der Waals surface area (Å²) in [4.78, 5) is 0. The number of para-hydroxylation sites is 1. The Morgan fingerprint density at radius 2 is 1.75 bits per heavy atom. The van der Waals surface area contributed by atoms with Crippen molar-refractivity contribution in [2.75, 3.05) is 18.5 Å². The Morgan fingerprint density at radius 3 is 2.50 bits per heavy atom. The van der Waals surface area contributed by atoms with Gasteiger partial charge in [-0.05, 0) is 17.7 Å². The topological polar surface area (TPSA) is 41.5 Å². The second kappa shape index (κ2) is 7.62. The molecule has 0 bridgehead atoms. The summed E-state index contributed by atoms with van der Waals surface area (Å²) in [6, 6.07) is 16.1. The lowest BCUT2D eigenvalue weighted by atomic mass is 10.2. The quantitative estimate of drug-likeness (QED) is 0.816. The molecule has 0 fully saturated rings. The normalized spacial score (nSPS) is 12.1. The van der Waals surface area contributed by atoms with Crippen LogP contribution in [0, 0.1) is 5.82 Å². The number of halogens is 1. The molecule has 2 rings (SSSR count). The fraction of sp³-hybridized carbons (Fsp3) is 0.250. The summed E-state index contributed by atoms with van der Waals surface area (Å²) in [6.45, 7) is 0.906. The number of aliphatic hydroxyl groups excluding tert-OH is 1. The predicted octanol–water partition coefficient (Wildman–Crippen LogP) is 2.82. The largest absolute Gasteiger partial charge is 0.389 e. The Hall–Kier alpha value is -1.91. The van der Waals surface area contributed by atoms with Crippen LogP contribution in [0.25, 0.3) is 0 Å². The summed E-state index contributed by atoms with van der Waals surface area (Å²) in [6.07, 6.45) is -0.682. The molecule has 0 aliphatic heterocycles. The molecule has 4 heteroatoms. The third-order valence-electron chi connectivity index (χ3n) is 2.82. The average molecular weight is 275 g/mol. The first-order chi connectivity index (χ1) is 9.75. The van der Waals surface area contributed by atoms with E-state index in [1.807, 2.05) is 30.3 Å². The van der Waals surface area contributed by atoms with E-state index in [1.54, 1.807) is 18.2 Å². The Labute approximate surface area is 118 Å². The summed E-state index contributed by atoms with van der Waals surface area (Å²) in [5.74, 6) is -0.329. The van der Waals surface area contributed by atoms with E-state index in [0.717, 1.165) is 5.56 Å². The van der Waals surface area contributed by atoms with Gasteiger partial charge in [-0.1, -0.05) is 42.5 Å². The molecule has 0 aliphatic rings. The van der Waals surface area contributed by atoms with Gasteiger partial charge in [-0.25, -0.2) is 4.39 Å². The molecule has 20 heavy (non-hydrogen) atoms. The van der Waals surface area contributed by atoms with Crippen molar-refractivity contribution in [3.05, 3.63) is 66.0 Å². The van der Waals surface area contributed by atoms with Gasteiger partial charge in [0.1, 0.15) is 5.82 Å². The minimum atomic E-state index is -0.682. The van der Waals surface area contributed by atoms with Crippen molar-refractivity contribution in [3.63, 3.8) is 0 Å². The molecule has 0 saturated carbocycles. The van der Waals surface area contributed by atoms with Crippen LogP contribution in [-0.4, -0.2) is 24.4 Å². The van der Waals surface area contributed by atoms with Crippen molar-refractivity contribution in [1.29, 1.82) is 0 Å². The van der Waals surface area contributed by atoms with Crippen LogP contribution in [0.15, 0.2) is 54.6 Å². The van der Waals surface area contributed by atoms with E-state index in [1.165, 1.54) is 6.07 Å². The molecule has 0 saturated heterocycles. The number of ether oxygens (including phenoxy) is 1. The first-order valence-electron chi connectivity index (χ1n) is 6.54. The number of hydrogen-bond donors (Lipinski definition) is 2. The van der Waals surface area contributed by atoms with Crippen molar-refractivity contribution >= 4 is 5.69 Å². The lowest BCUT2D eigenvalue weighted by Gasteiger charge is -2.13. The lowest BCUT2D eigenvalue weighted by Crippen LogP contribution is -2.25. The van der Waals surface area contributed by atoms with E-state index in [4.69, 9.17) is 4.74 Å². The fourth-order valence-electron chi connectivity index (χ4n) is 1.78. The van der Waals surface area contributed by atoms with E-state index in [0.29, 0.717) is 12.3 Å². The van der Waals surface area contributed by atoms with Crippen molar-refractivity contribution < 1.29 is 14.2 Å². The molecule has 3 nitrogen and oxygen atoms in total. The van der Waals surface area contributed by atoms with E-state index in [-0.39, 0.29) is 19.0 Å². The van der Waals surface area contributed by atoms with Gasteiger partial charge in [0, 0.05) is 6.54 Å². The molecule has 2 N–H and O–H groups in total. The highest BCUT2D eigenvalue weighted by molar-refractivity contribution is 5.44. The first-order valence-corrected chi connectivity index (χ1v) is 6.54. The second-order valence-electron chi connectivity index (χ2n) is 4.52. The monoisotopic (exact) mass is 275 g/mol. The van der Waals surface area contributed by atoms with Crippen LogP contribution in [0.2, 0.25) is 0 Å². The number of benzene rings is 2. The van der Waals surface area contributed by atoms with Gasteiger partial charge in [0.2, 0.25) is 0 Å². The van der Waals surface area contributed by atoms with E-state index in [9.17, 15) is 9.50 Å². The van der Waals surface area contributed by atoms with Gasteiger partial charge in [0.05, 0.1) is 25.0 Å². The summed E-state index contributed by atoms with van der Waals surface area (Å²) >= 11 is 0. The predicted molar refractivity (Wildman–Crippen MR) is 77.0 cm³/mol. The van der Waals surface area contributed by atoms with Crippen molar-refractivity contribution in [1.82, 2.24) is 0 Å². The maximum Gasteiger partial charge on any atom is 0.146 e. The second-order valence-corrected chi connectivity index (χ2v) is 4.52.